The molecule has 0 bridgehead atoms. The Balaban J connectivity index is 1.79. The number of H-pyrrole nitrogens is 1. The lowest BCUT2D eigenvalue weighted by molar-refractivity contribution is 0.405. The first-order chi connectivity index (χ1) is 19.0. The van der Waals surface area contributed by atoms with Crippen molar-refractivity contribution < 1.29 is 19.7 Å². The van der Waals surface area contributed by atoms with Crippen molar-refractivity contribution in [1.29, 1.82) is 0 Å². The summed E-state index contributed by atoms with van der Waals surface area (Å²) in [6.45, 7) is 2.07. The predicted molar refractivity (Wildman–Crippen MR) is 156 cm³/mol. The molecule has 0 spiro atoms. The Morgan fingerprint density at radius 3 is 2.23 bits per heavy atom. The van der Waals surface area contributed by atoms with Crippen molar-refractivity contribution in [2.45, 2.75) is 12.8 Å². The Morgan fingerprint density at radius 1 is 0.667 bits per heavy atom. The van der Waals surface area contributed by atoms with Gasteiger partial charge < -0.3 is 24.7 Å². The topological polar surface area (TPSA) is 74.7 Å². The molecule has 0 amide bonds. The van der Waals surface area contributed by atoms with E-state index in [0.29, 0.717) is 17.1 Å². The van der Waals surface area contributed by atoms with E-state index in [1.54, 1.807) is 32.4 Å². The minimum absolute atomic E-state index is 0.134. The maximum atomic E-state index is 11.4. The van der Waals surface area contributed by atoms with Crippen molar-refractivity contribution in [3.8, 4) is 34.1 Å². The summed E-state index contributed by atoms with van der Waals surface area (Å²) in [4.78, 5) is 3.72. The van der Waals surface area contributed by atoms with E-state index in [2.05, 4.69) is 24.0 Å². The van der Waals surface area contributed by atoms with Gasteiger partial charge in [0.15, 0.2) is 0 Å². The van der Waals surface area contributed by atoms with Gasteiger partial charge in [-0.2, -0.15) is 0 Å². The molecule has 3 N–H and O–H groups in total. The number of para-hydroxylation sites is 2. The molecule has 0 saturated heterocycles. The Labute approximate surface area is 226 Å². The van der Waals surface area contributed by atoms with Gasteiger partial charge in [0.2, 0.25) is 0 Å². The number of phenols is 2. The molecular formula is C34H29NO4. The molecule has 0 aliphatic rings. The third-order valence-corrected chi connectivity index (χ3v) is 7.51. The van der Waals surface area contributed by atoms with Gasteiger partial charge in [0.05, 0.1) is 20.1 Å². The van der Waals surface area contributed by atoms with E-state index in [1.165, 1.54) is 0 Å². The molecule has 0 aliphatic carbocycles. The Bertz CT molecular complexity index is 1840. The lowest BCUT2D eigenvalue weighted by Gasteiger charge is -2.23. The molecule has 0 aliphatic heterocycles. The van der Waals surface area contributed by atoms with Crippen LogP contribution in [-0.2, 0) is 0 Å². The van der Waals surface area contributed by atoms with Gasteiger partial charge in [-0.15, -0.1) is 0 Å². The van der Waals surface area contributed by atoms with Gasteiger partial charge in [0.1, 0.15) is 23.0 Å². The molecule has 0 fully saturated rings. The highest BCUT2D eigenvalue weighted by Gasteiger charge is 2.31. The van der Waals surface area contributed by atoms with Crippen molar-refractivity contribution >= 4 is 21.7 Å². The summed E-state index contributed by atoms with van der Waals surface area (Å²) < 4.78 is 11.4. The van der Waals surface area contributed by atoms with Gasteiger partial charge >= 0.3 is 0 Å². The van der Waals surface area contributed by atoms with Crippen molar-refractivity contribution in [3.05, 3.63) is 119 Å². The highest BCUT2D eigenvalue weighted by atomic mass is 16.5. The number of aryl methyl sites for hydroxylation is 1. The van der Waals surface area contributed by atoms with Gasteiger partial charge in [0, 0.05) is 38.9 Å². The first-order valence-corrected chi connectivity index (χ1v) is 12.8. The number of aromatic hydroxyl groups is 2. The summed E-state index contributed by atoms with van der Waals surface area (Å²) >= 11 is 0. The Hall–Kier alpha value is -4.90. The van der Waals surface area contributed by atoms with Crippen LogP contribution in [0.15, 0.2) is 97.1 Å². The van der Waals surface area contributed by atoms with Gasteiger partial charge in [-0.05, 0) is 53.6 Å². The number of ether oxygens (including phenoxy) is 2. The first kappa shape index (κ1) is 24.4. The maximum Gasteiger partial charge on any atom is 0.124 e. The van der Waals surface area contributed by atoms with E-state index in [9.17, 15) is 10.2 Å². The summed E-state index contributed by atoms with van der Waals surface area (Å²) in [7, 11) is 3.26. The number of aromatic nitrogens is 1. The summed E-state index contributed by atoms with van der Waals surface area (Å²) in [5, 5.41) is 25.6. The number of phenolic OH excluding ortho intramolecular Hbond substituents is 2. The molecular weight excluding hydrogens is 486 g/mol. The summed E-state index contributed by atoms with van der Waals surface area (Å²) in [5.74, 6) is 1.16. The normalized spacial score (nSPS) is 12.1. The SMILES string of the molecule is COc1ccc(O)c([C@@H](c2ccccc2OC)c2[nH]c3c(C)cccc3c2-c2c(O)ccc3ccccc23)c1. The number of aromatic amines is 1. The molecule has 1 aromatic heterocycles. The molecule has 194 valence electrons. The second-order valence-electron chi connectivity index (χ2n) is 9.69. The zero-order valence-electron chi connectivity index (χ0n) is 22.0. The minimum Gasteiger partial charge on any atom is -0.508 e. The molecule has 0 unspecified atom stereocenters. The Kier molecular flexibility index (Phi) is 6.12. The van der Waals surface area contributed by atoms with Crippen molar-refractivity contribution in [2.75, 3.05) is 14.2 Å². The van der Waals surface area contributed by atoms with Crippen LogP contribution < -0.4 is 9.47 Å². The summed E-state index contributed by atoms with van der Waals surface area (Å²) in [5.41, 5.74) is 6.02. The average Bonchev–Trinajstić information content (AvgIpc) is 3.34. The van der Waals surface area contributed by atoms with Crippen LogP contribution in [0.5, 0.6) is 23.0 Å². The quantitative estimate of drug-likeness (QED) is 0.211. The van der Waals surface area contributed by atoms with Crippen LogP contribution in [0.2, 0.25) is 0 Å². The monoisotopic (exact) mass is 515 g/mol. The van der Waals surface area contributed by atoms with Gasteiger partial charge in [-0.25, -0.2) is 0 Å². The van der Waals surface area contributed by atoms with Crippen molar-refractivity contribution in [3.63, 3.8) is 0 Å². The average molecular weight is 516 g/mol. The molecule has 39 heavy (non-hydrogen) atoms. The fourth-order valence-corrected chi connectivity index (χ4v) is 5.67. The number of rotatable bonds is 6. The number of fused-ring (bicyclic) bond motifs is 2. The van der Waals surface area contributed by atoms with Crippen LogP contribution in [-0.4, -0.2) is 29.4 Å². The number of methoxy groups -OCH3 is 2. The lowest BCUT2D eigenvalue weighted by atomic mass is 9.83. The molecule has 6 rings (SSSR count). The van der Waals surface area contributed by atoms with Gasteiger partial charge in [-0.1, -0.05) is 66.7 Å². The van der Waals surface area contributed by atoms with Gasteiger partial charge in [-0.3, -0.25) is 0 Å². The molecule has 1 atom stereocenters. The molecule has 1 heterocycles. The van der Waals surface area contributed by atoms with Crippen LogP contribution in [0, 0.1) is 6.92 Å². The van der Waals surface area contributed by atoms with E-state index in [1.807, 2.05) is 66.7 Å². The molecule has 6 aromatic rings. The van der Waals surface area contributed by atoms with E-state index in [0.717, 1.165) is 49.6 Å². The van der Waals surface area contributed by atoms with Crippen LogP contribution in [0.1, 0.15) is 28.3 Å². The second kappa shape index (κ2) is 9.76. The minimum atomic E-state index is -0.476. The van der Waals surface area contributed by atoms with Crippen LogP contribution in [0.3, 0.4) is 0 Å². The van der Waals surface area contributed by atoms with Gasteiger partial charge in [0.25, 0.3) is 0 Å². The zero-order chi connectivity index (χ0) is 27.1. The fraction of sp³-hybridized carbons (Fsp3) is 0.118. The molecule has 0 saturated carbocycles. The van der Waals surface area contributed by atoms with Crippen molar-refractivity contribution in [1.82, 2.24) is 4.98 Å². The number of nitrogens with one attached hydrogen (secondary N) is 1. The van der Waals surface area contributed by atoms with Crippen molar-refractivity contribution in [2.24, 2.45) is 0 Å². The third kappa shape index (κ3) is 4.03. The standard InChI is InChI=1S/C34H29NO4/c1-20-9-8-13-25-32(31-23-11-5-4-10-21(23)15-17-28(31)37)34(35-33(20)25)30(24-12-6-7-14-29(24)39-3)26-19-22(38-2)16-18-27(26)36/h4-19,30,35-37H,1-3H3/t30-/m1/s1. The van der Waals surface area contributed by atoms with E-state index < -0.39 is 5.92 Å². The largest absolute Gasteiger partial charge is 0.508 e. The third-order valence-electron chi connectivity index (χ3n) is 7.51. The molecule has 5 aromatic carbocycles. The van der Waals surface area contributed by atoms with Crippen LogP contribution >= 0.6 is 0 Å². The smallest absolute Gasteiger partial charge is 0.124 e. The zero-order valence-corrected chi connectivity index (χ0v) is 22.0. The van der Waals surface area contributed by atoms with Crippen LogP contribution in [0.4, 0.5) is 0 Å². The summed E-state index contributed by atoms with van der Waals surface area (Å²) in [6, 6.07) is 31.0. The Morgan fingerprint density at radius 2 is 1.41 bits per heavy atom. The number of hydrogen-bond donors (Lipinski definition) is 3. The van der Waals surface area contributed by atoms with E-state index in [4.69, 9.17) is 9.47 Å². The fourth-order valence-electron chi connectivity index (χ4n) is 5.67. The van der Waals surface area contributed by atoms with Crippen LogP contribution in [0.25, 0.3) is 32.8 Å². The number of hydrogen-bond acceptors (Lipinski definition) is 4. The second-order valence-corrected chi connectivity index (χ2v) is 9.69. The molecule has 5 heteroatoms. The number of benzene rings is 5. The van der Waals surface area contributed by atoms with E-state index >= 15 is 0 Å². The molecule has 0 radical (unpaired) electrons. The molecule has 5 nitrogen and oxygen atoms in total. The maximum absolute atomic E-state index is 11.4. The van der Waals surface area contributed by atoms with E-state index in [-0.39, 0.29) is 11.5 Å². The first-order valence-electron chi connectivity index (χ1n) is 12.8. The highest BCUT2D eigenvalue weighted by molar-refractivity contribution is 6.09. The lowest BCUT2D eigenvalue weighted by Crippen LogP contribution is -2.08. The predicted octanol–water partition coefficient (Wildman–Crippen LogP) is 7.91. The summed E-state index contributed by atoms with van der Waals surface area (Å²) in [6.07, 6.45) is 0. The highest BCUT2D eigenvalue weighted by Crippen LogP contribution is 2.50.